The van der Waals surface area contributed by atoms with Crippen molar-refractivity contribution in [1.29, 1.82) is 0 Å². The molecule has 0 aliphatic carbocycles. The molecule has 2 heterocycles. The molecule has 0 saturated carbocycles. The first-order chi connectivity index (χ1) is 12.2. The maximum Gasteiger partial charge on any atom is 0.247 e. The maximum absolute atomic E-state index is 11.4. The van der Waals surface area contributed by atoms with Gasteiger partial charge in [0.2, 0.25) is 11.2 Å². The van der Waals surface area contributed by atoms with Crippen molar-refractivity contribution in [2.24, 2.45) is 0 Å². The number of nitrogens with zero attached hydrogens (tertiary/aromatic N) is 2. The summed E-state index contributed by atoms with van der Waals surface area (Å²) in [6.07, 6.45) is 5.73. The molecule has 1 aliphatic heterocycles. The molecule has 0 saturated heterocycles. The molecular weight excluding hydrogens is 340 g/mol. The number of hydrogen-bond acceptors (Lipinski definition) is 5. The molecule has 25 heavy (non-hydrogen) atoms. The van der Waals surface area contributed by atoms with Crippen molar-refractivity contribution in [2.75, 3.05) is 23.8 Å². The summed E-state index contributed by atoms with van der Waals surface area (Å²) < 4.78 is 5.35. The van der Waals surface area contributed by atoms with Gasteiger partial charge in [-0.05, 0) is 47.9 Å². The van der Waals surface area contributed by atoms with Crippen LogP contribution in [0, 0.1) is 0 Å². The molecule has 2 aromatic rings. The highest BCUT2D eigenvalue weighted by atomic mass is 35.5. The van der Waals surface area contributed by atoms with Gasteiger partial charge in [0.25, 0.3) is 0 Å². The monoisotopic (exact) mass is 356 g/mol. The van der Waals surface area contributed by atoms with Crippen LogP contribution in [0.5, 0.6) is 0 Å². The second-order valence-electron chi connectivity index (χ2n) is 5.35. The highest BCUT2D eigenvalue weighted by molar-refractivity contribution is 6.28. The molecule has 1 amide bonds. The zero-order valence-corrected chi connectivity index (χ0v) is 14.2. The first kappa shape index (κ1) is 17.1. The molecule has 2 N–H and O–H groups in total. The van der Waals surface area contributed by atoms with E-state index in [0.717, 1.165) is 23.2 Å². The molecule has 3 rings (SSSR count). The molecule has 1 aromatic carbocycles. The minimum atomic E-state index is -0.268. The lowest BCUT2D eigenvalue weighted by atomic mass is 10.0. The van der Waals surface area contributed by atoms with Gasteiger partial charge in [-0.25, -0.2) is 4.98 Å². The van der Waals surface area contributed by atoms with Crippen molar-refractivity contribution in [3.63, 3.8) is 0 Å². The Hall–Kier alpha value is -2.70. The average Bonchev–Trinajstić information content (AvgIpc) is 2.63. The molecule has 0 fully saturated rings. The molecule has 1 aliphatic rings. The van der Waals surface area contributed by atoms with Crippen LogP contribution in [0.4, 0.5) is 17.2 Å². The molecule has 6 nitrogen and oxygen atoms in total. The van der Waals surface area contributed by atoms with Crippen LogP contribution in [-0.4, -0.2) is 29.1 Å². The van der Waals surface area contributed by atoms with Gasteiger partial charge in [-0.1, -0.05) is 18.7 Å². The van der Waals surface area contributed by atoms with Crippen LogP contribution < -0.4 is 10.6 Å². The molecule has 0 atom stereocenters. The van der Waals surface area contributed by atoms with Crippen LogP contribution in [0.1, 0.15) is 12.0 Å². The number of anilines is 3. The number of nitrogens with one attached hydrogen (secondary N) is 2. The maximum atomic E-state index is 11.4. The fourth-order valence-corrected chi connectivity index (χ4v) is 2.60. The number of ether oxygens (including phenoxy) is 1. The quantitative estimate of drug-likeness (QED) is 0.629. The Morgan fingerprint density at radius 3 is 2.96 bits per heavy atom. The molecule has 1 aromatic heterocycles. The van der Waals surface area contributed by atoms with Gasteiger partial charge >= 0.3 is 0 Å². The summed E-state index contributed by atoms with van der Waals surface area (Å²) in [5.41, 5.74) is 3.42. The second-order valence-corrected chi connectivity index (χ2v) is 5.69. The predicted octanol–water partition coefficient (Wildman–Crippen LogP) is 3.80. The van der Waals surface area contributed by atoms with Gasteiger partial charge in [-0.15, -0.1) is 0 Å². The lowest BCUT2D eigenvalue weighted by Gasteiger charge is -2.17. The number of amides is 1. The van der Waals surface area contributed by atoms with Gasteiger partial charge in [-0.2, -0.15) is 4.98 Å². The highest BCUT2D eigenvalue weighted by Crippen LogP contribution is 2.29. The minimum absolute atomic E-state index is 0.162. The smallest absolute Gasteiger partial charge is 0.247 e. The lowest BCUT2D eigenvalue weighted by Crippen LogP contribution is -2.08. The minimum Gasteiger partial charge on any atom is -0.377 e. The summed E-state index contributed by atoms with van der Waals surface area (Å²) in [6.45, 7) is 4.68. The van der Waals surface area contributed by atoms with Crippen LogP contribution in [0.15, 0.2) is 49.2 Å². The van der Waals surface area contributed by atoms with Gasteiger partial charge < -0.3 is 15.4 Å². The third-order valence-corrected chi connectivity index (χ3v) is 3.83. The Morgan fingerprint density at radius 2 is 2.20 bits per heavy atom. The summed E-state index contributed by atoms with van der Waals surface area (Å²) in [4.78, 5) is 19.8. The van der Waals surface area contributed by atoms with E-state index in [2.05, 4.69) is 27.2 Å². The number of aromatic nitrogens is 2. The Balaban J connectivity index is 1.88. The van der Waals surface area contributed by atoms with E-state index in [4.69, 9.17) is 16.3 Å². The van der Waals surface area contributed by atoms with Crippen LogP contribution in [0.3, 0.4) is 0 Å². The highest BCUT2D eigenvalue weighted by Gasteiger charge is 2.14. The molecular formula is C18H17ClN4O2. The molecule has 128 valence electrons. The van der Waals surface area contributed by atoms with E-state index < -0.39 is 0 Å². The second kappa shape index (κ2) is 7.92. The molecule has 0 unspecified atom stereocenters. The summed E-state index contributed by atoms with van der Waals surface area (Å²) in [7, 11) is 0. The number of benzene rings is 1. The summed E-state index contributed by atoms with van der Waals surface area (Å²) >= 11 is 5.97. The van der Waals surface area contributed by atoms with Gasteiger partial charge in [0.1, 0.15) is 5.82 Å². The predicted molar refractivity (Wildman–Crippen MR) is 99.0 cm³/mol. The molecule has 0 radical (unpaired) electrons. The van der Waals surface area contributed by atoms with E-state index in [1.165, 1.54) is 6.08 Å². The van der Waals surface area contributed by atoms with E-state index >= 15 is 0 Å². The number of carbonyl (C=O) groups is 1. The molecule has 0 bridgehead atoms. The Kier molecular flexibility index (Phi) is 5.42. The standard InChI is InChI=1S/C18H17ClN4O2/c1-2-16(24)21-13-4-3-5-14(10-13)22-17-15(11-20-18(19)23-17)12-6-8-25-9-7-12/h2-6,10-11H,1,7-9H2,(H,21,24)(H,20,22,23). The van der Waals surface area contributed by atoms with E-state index in [0.29, 0.717) is 24.7 Å². The topological polar surface area (TPSA) is 76.1 Å². The van der Waals surface area contributed by atoms with E-state index in [-0.39, 0.29) is 11.2 Å². The van der Waals surface area contributed by atoms with Crippen molar-refractivity contribution in [3.05, 3.63) is 60.0 Å². The number of halogens is 1. The first-order valence-electron chi connectivity index (χ1n) is 7.76. The van der Waals surface area contributed by atoms with Crippen LogP contribution in [0.25, 0.3) is 5.57 Å². The third kappa shape index (κ3) is 4.43. The SMILES string of the molecule is C=CC(=O)Nc1cccc(Nc2nc(Cl)ncc2C2=CCOCC2)c1. The zero-order valence-electron chi connectivity index (χ0n) is 13.5. The fourth-order valence-electron chi connectivity index (χ4n) is 2.47. The summed E-state index contributed by atoms with van der Waals surface area (Å²) in [5.74, 6) is 0.343. The van der Waals surface area contributed by atoms with Crippen LogP contribution >= 0.6 is 11.6 Å². The molecule has 7 heteroatoms. The first-order valence-corrected chi connectivity index (χ1v) is 8.13. The lowest BCUT2D eigenvalue weighted by molar-refractivity contribution is -0.111. The van der Waals surface area contributed by atoms with Gasteiger partial charge in [0.05, 0.1) is 13.2 Å². The summed E-state index contributed by atoms with van der Waals surface area (Å²) in [6, 6.07) is 7.31. The van der Waals surface area contributed by atoms with Crippen molar-refractivity contribution >= 4 is 40.3 Å². The summed E-state index contributed by atoms with van der Waals surface area (Å²) in [5, 5.41) is 6.13. The molecule has 0 spiro atoms. The van der Waals surface area contributed by atoms with Crippen LogP contribution in [-0.2, 0) is 9.53 Å². The largest absolute Gasteiger partial charge is 0.377 e. The van der Waals surface area contributed by atoms with Crippen molar-refractivity contribution in [1.82, 2.24) is 9.97 Å². The van der Waals surface area contributed by atoms with Gasteiger partial charge in [0.15, 0.2) is 0 Å². The van der Waals surface area contributed by atoms with Gasteiger partial charge in [-0.3, -0.25) is 4.79 Å². The number of carbonyl (C=O) groups excluding carboxylic acids is 1. The van der Waals surface area contributed by atoms with Crippen molar-refractivity contribution in [2.45, 2.75) is 6.42 Å². The zero-order chi connectivity index (χ0) is 17.6. The fraction of sp³-hybridized carbons (Fsp3) is 0.167. The Labute approximate surface area is 150 Å². The Bertz CT molecular complexity index is 836. The number of hydrogen-bond donors (Lipinski definition) is 2. The van der Waals surface area contributed by atoms with Gasteiger partial charge in [0, 0.05) is 23.1 Å². The number of rotatable bonds is 5. The van der Waals surface area contributed by atoms with Crippen molar-refractivity contribution < 1.29 is 9.53 Å². The third-order valence-electron chi connectivity index (χ3n) is 3.65. The van der Waals surface area contributed by atoms with E-state index in [9.17, 15) is 4.79 Å². The van der Waals surface area contributed by atoms with E-state index in [1.54, 1.807) is 18.3 Å². The normalized spacial score (nSPS) is 13.7. The Morgan fingerprint density at radius 1 is 1.36 bits per heavy atom. The van der Waals surface area contributed by atoms with Crippen molar-refractivity contribution in [3.8, 4) is 0 Å². The average molecular weight is 357 g/mol. The van der Waals surface area contributed by atoms with E-state index in [1.807, 2.05) is 18.2 Å². The van der Waals surface area contributed by atoms with Crippen LogP contribution in [0.2, 0.25) is 5.28 Å².